The largest absolute Gasteiger partial charge is 0.397 e. The fourth-order valence-electron chi connectivity index (χ4n) is 1.80. The zero-order valence-corrected chi connectivity index (χ0v) is 11.4. The summed E-state index contributed by atoms with van der Waals surface area (Å²) in [6.07, 6.45) is 1.37. The number of allylic oxidation sites excluding steroid dienone is 2. The van der Waals surface area contributed by atoms with Crippen molar-refractivity contribution in [2.45, 2.75) is 6.92 Å². The Morgan fingerprint density at radius 2 is 1.76 bits per heavy atom. The van der Waals surface area contributed by atoms with E-state index in [0.717, 1.165) is 12.1 Å². The van der Waals surface area contributed by atoms with Crippen molar-refractivity contribution >= 4 is 17.2 Å². The average Bonchev–Trinajstić information content (AvgIpc) is 2.45. The minimum Gasteiger partial charge on any atom is -0.397 e. The van der Waals surface area contributed by atoms with Crippen molar-refractivity contribution in [3.05, 3.63) is 71.4 Å². The van der Waals surface area contributed by atoms with E-state index in [1.165, 1.54) is 6.08 Å². The van der Waals surface area contributed by atoms with Crippen LogP contribution in [-0.4, -0.2) is 5.78 Å². The average molecular weight is 288 g/mol. The number of anilines is 2. The molecule has 21 heavy (non-hydrogen) atoms. The summed E-state index contributed by atoms with van der Waals surface area (Å²) in [7, 11) is 0. The fraction of sp³-hybridized carbons (Fsp3) is 0.0625. The summed E-state index contributed by atoms with van der Waals surface area (Å²) in [5.74, 6) is -2.21. The Hall–Kier alpha value is -2.69. The first kappa shape index (κ1) is 14.7. The third kappa shape index (κ3) is 3.66. The van der Waals surface area contributed by atoms with Crippen LogP contribution in [0.25, 0.3) is 0 Å². The minimum atomic E-state index is -1.01. The van der Waals surface area contributed by atoms with Gasteiger partial charge in [-0.05, 0) is 6.92 Å². The summed E-state index contributed by atoms with van der Waals surface area (Å²) in [4.78, 5) is 12.0. The van der Waals surface area contributed by atoms with E-state index in [4.69, 9.17) is 5.73 Å². The van der Waals surface area contributed by atoms with E-state index in [-0.39, 0.29) is 17.2 Å². The maximum Gasteiger partial charge on any atom is 0.187 e. The Kier molecular flexibility index (Phi) is 4.33. The zero-order valence-electron chi connectivity index (χ0n) is 11.4. The molecule has 2 aromatic rings. The SMILES string of the molecule is CC(=CC(=O)c1ccccc1)Nc1cc(F)c(F)cc1N. The Labute approximate surface area is 121 Å². The summed E-state index contributed by atoms with van der Waals surface area (Å²) in [5, 5.41) is 2.79. The lowest BCUT2D eigenvalue weighted by Gasteiger charge is -2.10. The maximum absolute atomic E-state index is 13.2. The number of carbonyl (C=O) groups excluding carboxylic acids is 1. The van der Waals surface area contributed by atoms with Crippen molar-refractivity contribution in [2.24, 2.45) is 0 Å². The molecule has 0 spiro atoms. The lowest BCUT2D eigenvalue weighted by atomic mass is 10.1. The van der Waals surface area contributed by atoms with Crippen LogP contribution in [-0.2, 0) is 0 Å². The van der Waals surface area contributed by atoms with Crippen molar-refractivity contribution in [1.82, 2.24) is 0 Å². The van der Waals surface area contributed by atoms with Gasteiger partial charge < -0.3 is 11.1 Å². The summed E-state index contributed by atoms with van der Waals surface area (Å²) in [5.41, 5.74) is 6.89. The number of nitrogen functional groups attached to an aromatic ring is 1. The smallest absolute Gasteiger partial charge is 0.187 e. The summed E-state index contributed by atoms with van der Waals surface area (Å²) in [6.45, 7) is 1.64. The van der Waals surface area contributed by atoms with Gasteiger partial charge in [0, 0.05) is 29.5 Å². The number of halogens is 2. The monoisotopic (exact) mass is 288 g/mol. The number of benzene rings is 2. The van der Waals surface area contributed by atoms with E-state index in [9.17, 15) is 13.6 Å². The van der Waals surface area contributed by atoms with Gasteiger partial charge in [0.2, 0.25) is 0 Å². The van der Waals surface area contributed by atoms with Crippen LogP contribution in [0.3, 0.4) is 0 Å². The van der Waals surface area contributed by atoms with Crippen LogP contribution in [0.15, 0.2) is 54.2 Å². The van der Waals surface area contributed by atoms with Gasteiger partial charge in [-0.3, -0.25) is 4.79 Å². The molecule has 0 aliphatic heterocycles. The van der Waals surface area contributed by atoms with Gasteiger partial charge in [-0.15, -0.1) is 0 Å². The summed E-state index contributed by atoms with van der Waals surface area (Å²) < 4.78 is 26.2. The second kappa shape index (κ2) is 6.17. The van der Waals surface area contributed by atoms with Gasteiger partial charge in [-0.1, -0.05) is 30.3 Å². The van der Waals surface area contributed by atoms with Crippen LogP contribution in [0.4, 0.5) is 20.2 Å². The number of hydrogen-bond acceptors (Lipinski definition) is 3. The predicted molar refractivity (Wildman–Crippen MR) is 78.9 cm³/mol. The van der Waals surface area contributed by atoms with Gasteiger partial charge in [0.05, 0.1) is 11.4 Å². The fourth-order valence-corrected chi connectivity index (χ4v) is 1.80. The normalized spacial score (nSPS) is 11.3. The van der Waals surface area contributed by atoms with Gasteiger partial charge >= 0.3 is 0 Å². The second-order valence-corrected chi connectivity index (χ2v) is 4.54. The number of carbonyl (C=O) groups is 1. The number of hydrogen-bond donors (Lipinski definition) is 2. The Morgan fingerprint density at radius 1 is 1.14 bits per heavy atom. The van der Waals surface area contributed by atoms with Gasteiger partial charge in [-0.25, -0.2) is 8.78 Å². The van der Waals surface area contributed by atoms with Crippen molar-refractivity contribution < 1.29 is 13.6 Å². The predicted octanol–water partition coefficient (Wildman–Crippen LogP) is 3.75. The molecule has 0 aliphatic carbocycles. The number of rotatable bonds is 4. The Balaban J connectivity index is 2.18. The van der Waals surface area contributed by atoms with Crippen molar-refractivity contribution in [3.8, 4) is 0 Å². The number of ketones is 1. The first-order chi connectivity index (χ1) is 9.97. The van der Waals surface area contributed by atoms with Gasteiger partial charge in [0.1, 0.15) is 0 Å². The molecular formula is C16H14F2N2O. The number of nitrogens with one attached hydrogen (secondary N) is 1. The lowest BCUT2D eigenvalue weighted by molar-refractivity contribution is 0.104. The number of nitrogens with two attached hydrogens (primary N) is 1. The van der Waals surface area contributed by atoms with Crippen LogP contribution in [0.1, 0.15) is 17.3 Å². The topological polar surface area (TPSA) is 55.1 Å². The van der Waals surface area contributed by atoms with E-state index in [1.807, 2.05) is 6.07 Å². The summed E-state index contributed by atoms with van der Waals surface area (Å²) in [6, 6.07) is 10.6. The second-order valence-electron chi connectivity index (χ2n) is 4.54. The molecule has 0 radical (unpaired) electrons. The van der Waals surface area contributed by atoms with Gasteiger partial charge in [0.15, 0.2) is 17.4 Å². The van der Waals surface area contributed by atoms with E-state index in [1.54, 1.807) is 31.2 Å². The molecule has 2 rings (SSSR count). The summed E-state index contributed by atoms with van der Waals surface area (Å²) >= 11 is 0. The molecule has 3 nitrogen and oxygen atoms in total. The van der Waals surface area contributed by atoms with Crippen LogP contribution in [0.5, 0.6) is 0 Å². The molecule has 0 unspecified atom stereocenters. The first-order valence-electron chi connectivity index (χ1n) is 6.26. The molecule has 0 saturated heterocycles. The molecule has 0 heterocycles. The molecule has 0 saturated carbocycles. The molecule has 5 heteroatoms. The molecule has 0 fully saturated rings. The van der Waals surface area contributed by atoms with Crippen LogP contribution in [0, 0.1) is 11.6 Å². The first-order valence-corrected chi connectivity index (χ1v) is 6.26. The van der Waals surface area contributed by atoms with E-state index < -0.39 is 11.6 Å². The molecule has 0 amide bonds. The van der Waals surface area contributed by atoms with Crippen molar-refractivity contribution in [2.75, 3.05) is 11.1 Å². The molecule has 0 bridgehead atoms. The third-order valence-electron chi connectivity index (χ3n) is 2.83. The van der Waals surface area contributed by atoms with Crippen LogP contribution in [0.2, 0.25) is 0 Å². The molecular weight excluding hydrogens is 274 g/mol. The highest BCUT2D eigenvalue weighted by atomic mass is 19.2. The molecule has 2 aromatic carbocycles. The molecule has 0 atom stereocenters. The Morgan fingerprint density at radius 3 is 2.43 bits per heavy atom. The minimum absolute atomic E-state index is 0.0637. The lowest BCUT2D eigenvalue weighted by Crippen LogP contribution is -2.04. The maximum atomic E-state index is 13.2. The third-order valence-corrected chi connectivity index (χ3v) is 2.83. The Bertz CT molecular complexity index is 697. The van der Waals surface area contributed by atoms with Crippen LogP contribution >= 0.6 is 0 Å². The van der Waals surface area contributed by atoms with Gasteiger partial charge in [-0.2, -0.15) is 0 Å². The highest BCUT2D eigenvalue weighted by molar-refractivity contribution is 6.05. The van der Waals surface area contributed by atoms with Gasteiger partial charge in [0.25, 0.3) is 0 Å². The van der Waals surface area contributed by atoms with Crippen LogP contribution < -0.4 is 11.1 Å². The van der Waals surface area contributed by atoms with E-state index in [2.05, 4.69) is 5.32 Å². The van der Waals surface area contributed by atoms with E-state index in [0.29, 0.717) is 11.3 Å². The molecule has 3 N–H and O–H groups in total. The zero-order chi connectivity index (χ0) is 15.4. The standard InChI is InChI=1S/C16H14F2N2O/c1-10(7-16(21)11-5-3-2-4-6-11)20-15-9-13(18)12(17)8-14(15)19/h2-9,20H,19H2,1H3. The highest BCUT2D eigenvalue weighted by Crippen LogP contribution is 2.23. The van der Waals surface area contributed by atoms with Crippen molar-refractivity contribution in [3.63, 3.8) is 0 Å². The quantitative estimate of drug-likeness (QED) is 0.512. The molecule has 0 aliphatic rings. The molecule has 108 valence electrons. The van der Waals surface area contributed by atoms with Crippen molar-refractivity contribution in [1.29, 1.82) is 0 Å². The van der Waals surface area contributed by atoms with E-state index >= 15 is 0 Å². The molecule has 0 aromatic heterocycles. The highest BCUT2D eigenvalue weighted by Gasteiger charge is 2.08.